The maximum absolute atomic E-state index is 13.4. The van der Waals surface area contributed by atoms with Crippen molar-refractivity contribution in [3.8, 4) is 11.3 Å². The summed E-state index contributed by atoms with van der Waals surface area (Å²) in [5.41, 5.74) is 2.62. The molecule has 1 amide bonds. The first-order chi connectivity index (χ1) is 14.7. The molecule has 3 heterocycles. The molecule has 162 valence electrons. The molecule has 0 bridgehead atoms. The predicted molar refractivity (Wildman–Crippen MR) is 115 cm³/mol. The SMILES string of the molecule is CC(C)c1cc(-c2ccc(F)cc2)nn2cc(C(=O)N3CCNC(C=O)C3(C)C)nc12. The van der Waals surface area contributed by atoms with E-state index in [0.717, 1.165) is 17.4 Å². The highest BCUT2D eigenvalue weighted by atomic mass is 19.1. The molecule has 0 saturated carbocycles. The van der Waals surface area contributed by atoms with Crippen LogP contribution in [-0.4, -0.2) is 56.4 Å². The number of carbonyl (C=O) groups is 2. The number of piperazine rings is 1. The van der Waals surface area contributed by atoms with Gasteiger partial charge in [0.25, 0.3) is 5.91 Å². The number of nitrogens with zero attached hydrogens (tertiary/aromatic N) is 4. The number of benzene rings is 1. The monoisotopic (exact) mass is 423 g/mol. The minimum absolute atomic E-state index is 0.144. The standard InChI is InChI=1S/C23H26FN5O2/c1-14(2)17-11-18(15-5-7-16(24)8-6-15)27-29-12-19(26-21(17)29)22(31)28-10-9-25-20(13-30)23(28,3)4/h5-8,11-14,20,25H,9-10H2,1-4H3. The van der Waals surface area contributed by atoms with Gasteiger partial charge in [0.2, 0.25) is 0 Å². The molecule has 2 aromatic heterocycles. The van der Waals surface area contributed by atoms with E-state index in [0.29, 0.717) is 24.4 Å². The lowest BCUT2D eigenvalue weighted by atomic mass is 9.90. The largest absolute Gasteiger partial charge is 0.329 e. The average molecular weight is 423 g/mol. The number of aldehydes is 1. The number of hydrogen-bond acceptors (Lipinski definition) is 5. The summed E-state index contributed by atoms with van der Waals surface area (Å²) in [6.07, 6.45) is 2.47. The van der Waals surface area contributed by atoms with Crippen molar-refractivity contribution < 1.29 is 14.0 Å². The summed E-state index contributed by atoms with van der Waals surface area (Å²) in [5.74, 6) is -0.399. The zero-order valence-corrected chi connectivity index (χ0v) is 18.1. The van der Waals surface area contributed by atoms with Gasteiger partial charge in [-0.2, -0.15) is 5.10 Å². The lowest BCUT2D eigenvalue weighted by Gasteiger charge is -2.46. The van der Waals surface area contributed by atoms with E-state index in [-0.39, 0.29) is 23.3 Å². The number of hydrogen-bond donors (Lipinski definition) is 1. The summed E-state index contributed by atoms with van der Waals surface area (Å²) >= 11 is 0. The number of imidazole rings is 1. The smallest absolute Gasteiger partial charge is 0.274 e. The molecule has 1 N–H and O–H groups in total. The van der Waals surface area contributed by atoms with Crippen LogP contribution in [0, 0.1) is 5.82 Å². The van der Waals surface area contributed by atoms with E-state index in [1.54, 1.807) is 27.7 Å². The molecule has 1 fully saturated rings. The van der Waals surface area contributed by atoms with E-state index in [1.807, 2.05) is 33.8 Å². The Labute approximate surface area is 180 Å². The summed E-state index contributed by atoms with van der Waals surface area (Å²) in [7, 11) is 0. The zero-order chi connectivity index (χ0) is 22.3. The molecule has 1 saturated heterocycles. The molecule has 3 aromatic rings. The minimum Gasteiger partial charge on any atom is -0.329 e. The molecule has 0 radical (unpaired) electrons. The van der Waals surface area contributed by atoms with Gasteiger partial charge in [-0.15, -0.1) is 0 Å². The Balaban J connectivity index is 1.78. The number of carbonyl (C=O) groups excluding carboxylic acids is 2. The second-order valence-corrected chi connectivity index (χ2v) is 8.72. The van der Waals surface area contributed by atoms with Crippen molar-refractivity contribution in [1.82, 2.24) is 24.8 Å². The molecule has 1 aliphatic rings. The summed E-state index contributed by atoms with van der Waals surface area (Å²) in [4.78, 5) is 31.1. The fourth-order valence-electron chi connectivity index (χ4n) is 4.04. The van der Waals surface area contributed by atoms with E-state index in [9.17, 15) is 14.0 Å². The molecule has 1 atom stereocenters. The van der Waals surface area contributed by atoms with Crippen LogP contribution in [0.15, 0.2) is 36.5 Å². The molecular weight excluding hydrogens is 397 g/mol. The van der Waals surface area contributed by atoms with Gasteiger partial charge in [0, 0.05) is 24.2 Å². The van der Waals surface area contributed by atoms with Crippen LogP contribution in [-0.2, 0) is 4.79 Å². The first kappa shape index (κ1) is 21.1. The van der Waals surface area contributed by atoms with E-state index < -0.39 is 11.6 Å². The second kappa shape index (κ2) is 7.85. The lowest BCUT2D eigenvalue weighted by Crippen LogP contribution is -2.66. The molecule has 1 aliphatic heterocycles. The first-order valence-corrected chi connectivity index (χ1v) is 10.4. The number of aromatic nitrogens is 3. The molecule has 7 nitrogen and oxygen atoms in total. The Morgan fingerprint density at radius 1 is 1.29 bits per heavy atom. The number of nitrogens with one attached hydrogen (secondary N) is 1. The maximum atomic E-state index is 13.4. The summed E-state index contributed by atoms with van der Waals surface area (Å²) in [6, 6.07) is 7.64. The molecule has 1 unspecified atom stereocenters. The van der Waals surface area contributed by atoms with Gasteiger partial charge in [-0.1, -0.05) is 13.8 Å². The van der Waals surface area contributed by atoms with Crippen molar-refractivity contribution in [2.45, 2.75) is 45.2 Å². The Bertz CT molecular complexity index is 1140. The summed E-state index contributed by atoms with van der Waals surface area (Å²) < 4.78 is 15.0. The first-order valence-electron chi connectivity index (χ1n) is 10.4. The van der Waals surface area contributed by atoms with E-state index in [4.69, 9.17) is 0 Å². The van der Waals surface area contributed by atoms with Crippen molar-refractivity contribution >= 4 is 17.8 Å². The third-order valence-electron chi connectivity index (χ3n) is 5.97. The van der Waals surface area contributed by atoms with Crippen molar-refractivity contribution in [1.29, 1.82) is 0 Å². The van der Waals surface area contributed by atoms with Gasteiger partial charge < -0.3 is 15.0 Å². The van der Waals surface area contributed by atoms with Crippen molar-refractivity contribution in [3.63, 3.8) is 0 Å². The highest BCUT2D eigenvalue weighted by Crippen LogP contribution is 2.28. The van der Waals surface area contributed by atoms with Gasteiger partial charge in [0.05, 0.1) is 23.5 Å². The number of rotatable bonds is 4. The Hall–Kier alpha value is -3.13. The molecule has 0 aliphatic carbocycles. The third kappa shape index (κ3) is 3.72. The fraction of sp³-hybridized carbons (Fsp3) is 0.391. The topological polar surface area (TPSA) is 79.6 Å². The highest BCUT2D eigenvalue weighted by Gasteiger charge is 2.41. The zero-order valence-electron chi connectivity index (χ0n) is 18.1. The molecule has 31 heavy (non-hydrogen) atoms. The lowest BCUT2D eigenvalue weighted by molar-refractivity contribution is -0.113. The van der Waals surface area contributed by atoms with Gasteiger partial charge >= 0.3 is 0 Å². The van der Waals surface area contributed by atoms with E-state index in [1.165, 1.54) is 12.1 Å². The van der Waals surface area contributed by atoms with Crippen LogP contribution in [0.1, 0.15) is 49.7 Å². The highest BCUT2D eigenvalue weighted by molar-refractivity contribution is 5.94. The van der Waals surface area contributed by atoms with Crippen LogP contribution in [0.2, 0.25) is 0 Å². The molecular formula is C23H26FN5O2. The number of fused-ring (bicyclic) bond motifs is 1. The molecule has 8 heteroatoms. The van der Waals surface area contributed by atoms with E-state index >= 15 is 0 Å². The Morgan fingerprint density at radius 2 is 2.00 bits per heavy atom. The van der Waals surface area contributed by atoms with Crippen LogP contribution in [0.25, 0.3) is 16.9 Å². The number of amides is 1. The average Bonchev–Trinajstić information content (AvgIpc) is 3.16. The molecule has 0 spiro atoms. The Kier molecular flexibility index (Phi) is 5.35. The minimum atomic E-state index is -0.680. The van der Waals surface area contributed by atoms with Crippen LogP contribution < -0.4 is 5.32 Å². The maximum Gasteiger partial charge on any atom is 0.274 e. The van der Waals surface area contributed by atoms with Gasteiger partial charge in [-0.3, -0.25) is 4.79 Å². The van der Waals surface area contributed by atoms with Gasteiger partial charge in [0.15, 0.2) is 5.65 Å². The van der Waals surface area contributed by atoms with Crippen molar-refractivity contribution in [2.75, 3.05) is 13.1 Å². The van der Waals surface area contributed by atoms with Gasteiger partial charge in [0.1, 0.15) is 17.8 Å². The van der Waals surface area contributed by atoms with Crippen LogP contribution in [0.4, 0.5) is 4.39 Å². The summed E-state index contributed by atoms with van der Waals surface area (Å²) in [5, 5.41) is 7.78. The second-order valence-electron chi connectivity index (χ2n) is 8.72. The molecule has 4 rings (SSSR count). The quantitative estimate of drug-likeness (QED) is 0.653. The van der Waals surface area contributed by atoms with Crippen LogP contribution >= 0.6 is 0 Å². The molecule has 1 aromatic carbocycles. The predicted octanol–water partition coefficient (Wildman–Crippen LogP) is 3.05. The Morgan fingerprint density at radius 3 is 2.65 bits per heavy atom. The van der Waals surface area contributed by atoms with E-state index in [2.05, 4.69) is 15.4 Å². The fourth-order valence-corrected chi connectivity index (χ4v) is 4.04. The van der Waals surface area contributed by atoms with Gasteiger partial charge in [-0.25, -0.2) is 13.9 Å². The van der Waals surface area contributed by atoms with Crippen LogP contribution in [0.5, 0.6) is 0 Å². The van der Waals surface area contributed by atoms with Crippen molar-refractivity contribution in [2.24, 2.45) is 0 Å². The van der Waals surface area contributed by atoms with Crippen molar-refractivity contribution in [3.05, 3.63) is 53.6 Å². The number of halogens is 1. The normalized spacial score (nSPS) is 18.5. The third-order valence-corrected chi connectivity index (χ3v) is 5.97. The van der Waals surface area contributed by atoms with Crippen LogP contribution in [0.3, 0.4) is 0 Å². The summed E-state index contributed by atoms with van der Waals surface area (Å²) in [6.45, 7) is 8.86. The van der Waals surface area contributed by atoms with Gasteiger partial charge in [-0.05, 0) is 50.1 Å².